The zero-order valence-electron chi connectivity index (χ0n) is 19.4. The third-order valence-electron chi connectivity index (χ3n) is 5.52. The molecule has 5 aromatic carbocycles. The molecule has 0 radical (unpaired) electrons. The van der Waals surface area contributed by atoms with Crippen LogP contribution in [0.2, 0.25) is 0 Å². The standard InChI is InChI=1S/2C10H8O2.C10H14.CH4/c2*11-8-4-5-9-7(6-8)2-1-3-10(9)12;1-3-9-5-7-10(4-2)8-6-9;/h2*1-6,11-12H;5-8H,3-4H2,1-2H3;1H4. The summed E-state index contributed by atoms with van der Waals surface area (Å²) in [4.78, 5) is 0. The molecule has 0 fully saturated rings. The minimum absolute atomic E-state index is 0. The second-order valence-electron chi connectivity index (χ2n) is 7.89. The molecule has 4 N–H and O–H groups in total. The highest BCUT2D eigenvalue weighted by Gasteiger charge is 1.99. The van der Waals surface area contributed by atoms with Crippen LogP contribution in [-0.4, -0.2) is 20.4 Å². The van der Waals surface area contributed by atoms with E-state index in [1.165, 1.54) is 11.1 Å². The van der Waals surface area contributed by atoms with Crippen LogP contribution < -0.4 is 0 Å². The molecule has 0 spiro atoms. The Hall–Kier alpha value is -4.18. The zero-order valence-corrected chi connectivity index (χ0v) is 19.4. The summed E-state index contributed by atoms with van der Waals surface area (Å²) in [5.74, 6) is 0.918. The first kappa shape index (κ1) is 27.1. The Balaban J connectivity index is 0.000000184. The third kappa shape index (κ3) is 7.41. The Labute approximate surface area is 207 Å². The van der Waals surface area contributed by atoms with E-state index in [2.05, 4.69) is 38.1 Å². The summed E-state index contributed by atoms with van der Waals surface area (Å²) in [6, 6.07) is 29.0. The lowest BCUT2D eigenvalue weighted by Gasteiger charge is -1.99. The molecule has 0 atom stereocenters. The molecule has 0 heterocycles. The fourth-order valence-electron chi connectivity index (χ4n) is 3.52. The van der Waals surface area contributed by atoms with E-state index in [0.29, 0.717) is 0 Å². The summed E-state index contributed by atoms with van der Waals surface area (Å²) in [5.41, 5.74) is 2.86. The van der Waals surface area contributed by atoms with Crippen molar-refractivity contribution in [3.05, 3.63) is 108 Å². The minimum Gasteiger partial charge on any atom is -0.508 e. The molecule has 0 saturated carbocycles. The topological polar surface area (TPSA) is 80.9 Å². The van der Waals surface area contributed by atoms with Crippen molar-refractivity contribution in [1.29, 1.82) is 0 Å². The Morgan fingerprint density at radius 3 is 1.20 bits per heavy atom. The minimum atomic E-state index is 0. The Bertz CT molecular complexity index is 1250. The summed E-state index contributed by atoms with van der Waals surface area (Å²) in [5, 5.41) is 40.2. The van der Waals surface area contributed by atoms with E-state index in [-0.39, 0.29) is 30.4 Å². The van der Waals surface area contributed by atoms with E-state index in [9.17, 15) is 10.2 Å². The highest BCUT2D eigenvalue weighted by Crippen LogP contribution is 2.27. The van der Waals surface area contributed by atoms with Crippen molar-refractivity contribution < 1.29 is 20.4 Å². The maximum Gasteiger partial charge on any atom is 0.123 e. The van der Waals surface area contributed by atoms with Crippen molar-refractivity contribution in [2.24, 2.45) is 0 Å². The number of hydrogen-bond donors (Lipinski definition) is 4. The lowest BCUT2D eigenvalue weighted by Crippen LogP contribution is -1.81. The van der Waals surface area contributed by atoms with Gasteiger partial charge in [-0.05, 0) is 83.3 Å². The summed E-state index contributed by atoms with van der Waals surface area (Å²) in [7, 11) is 0. The Morgan fingerprint density at radius 1 is 0.486 bits per heavy atom. The van der Waals surface area contributed by atoms with Gasteiger partial charge in [0.15, 0.2) is 0 Å². The van der Waals surface area contributed by atoms with Gasteiger partial charge in [0.25, 0.3) is 0 Å². The molecule has 4 heteroatoms. The van der Waals surface area contributed by atoms with Gasteiger partial charge in [-0.2, -0.15) is 0 Å². The first-order valence-corrected chi connectivity index (χ1v) is 11.3. The molecule has 0 saturated heterocycles. The summed E-state index contributed by atoms with van der Waals surface area (Å²) < 4.78 is 0. The number of benzene rings is 5. The number of fused-ring (bicyclic) bond motifs is 2. The summed E-state index contributed by atoms with van der Waals surface area (Å²) >= 11 is 0. The number of phenolic OH excluding ortho intramolecular Hbond substituents is 4. The maximum atomic E-state index is 9.38. The Kier molecular flexibility index (Phi) is 9.98. The van der Waals surface area contributed by atoms with Crippen LogP contribution in [0.15, 0.2) is 97.1 Å². The molecule has 4 nitrogen and oxygen atoms in total. The van der Waals surface area contributed by atoms with E-state index in [1.54, 1.807) is 60.7 Å². The SMILES string of the molecule is C.CCc1ccc(CC)cc1.Oc1ccc2c(O)cccc2c1.Oc1ccc2c(O)cccc2c1. The molecular weight excluding hydrogens is 436 g/mol. The van der Waals surface area contributed by atoms with Crippen LogP contribution in [0, 0.1) is 0 Å². The predicted octanol–water partition coefficient (Wildman–Crippen LogP) is 7.95. The number of aromatic hydroxyl groups is 4. The summed E-state index contributed by atoms with van der Waals surface area (Å²) in [6.07, 6.45) is 2.29. The second-order valence-corrected chi connectivity index (χ2v) is 7.89. The fourth-order valence-corrected chi connectivity index (χ4v) is 3.52. The molecular formula is C31H34O4. The van der Waals surface area contributed by atoms with Gasteiger partial charge in [-0.15, -0.1) is 0 Å². The smallest absolute Gasteiger partial charge is 0.123 e. The van der Waals surface area contributed by atoms with Gasteiger partial charge in [-0.1, -0.05) is 69.8 Å². The number of phenols is 4. The molecule has 0 aliphatic carbocycles. The van der Waals surface area contributed by atoms with Gasteiger partial charge in [-0.25, -0.2) is 0 Å². The van der Waals surface area contributed by atoms with Crippen LogP contribution >= 0.6 is 0 Å². The van der Waals surface area contributed by atoms with Crippen molar-refractivity contribution in [3.63, 3.8) is 0 Å². The largest absolute Gasteiger partial charge is 0.508 e. The quantitative estimate of drug-likeness (QED) is 0.211. The molecule has 0 aliphatic heterocycles. The first-order valence-electron chi connectivity index (χ1n) is 11.3. The number of hydrogen-bond acceptors (Lipinski definition) is 4. The van der Waals surface area contributed by atoms with Crippen LogP contribution in [0.1, 0.15) is 32.4 Å². The molecule has 0 unspecified atom stereocenters. The lowest BCUT2D eigenvalue weighted by atomic mass is 10.1. The van der Waals surface area contributed by atoms with Gasteiger partial charge in [0.2, 0.25) is 0 Å². The monoisotopic (exact) mass is 470 g/mol. The van der Waals surface area contributed by atoms with Gasteiger partial charge in [0.05, 0.1) is 0 Å². The highest BCUT2D eigenvalue weighted by atomic mass is 16.3. The van der Waals surface area contributed by atoms with Crippen molar-refractivity contribution >= 4 is 21.5 Å². The van der Waals surface area contributed by atoms with E-state index < -0.39 is 0 Å². The van der Waals surface area contributed by atoms with Crippen LogP contribution in [-0.2, 0) is 12.8 Å². The molecule has 5 aromatic rings. The van der Waals surface area contributed by atoms with E-state index >= 15 is 0 Å². The molecule has 35 heavy (non-hydrogen) atoms. The predicted molar refractivity (Wildman–Crippen MR) is 146 cm³/mol. The molecule has 5 rings (SSSR count). The van der Waals surface area contributed by atoms with Crippen molar-refractivity contribution in [2.75, 3.05) is 0 Å². The Morgan fingerprint density at radius 2 is 0.857 bits per heavy atom. The third-order valence-corrected chi connectivity index (χ3v) is 5.52. The van der Waals surface area contributed by atoms with E-state index in [1.807, 2.05) is 12.1 Å². The van der Waals surface area contributed by atoms with Gasteiger partial charge >= 0.3 is 0 Å². The highest BCUT2D eigenvalue weighted by molar-refractivity contribution is 5.89. The maximum absolute atomic E-state index is 9.38. The van der Waals surface area contributed by atoms with Gasteiger partial charge in [-0.3, -0.25) is 0 Å². The normalized spacial score (nSPS) is 9.89. The number of rotatable bonds is 2. The van der Waals surface area contributed by atoms with Crippen LogP contribution in [0.3, 0.4) is 0 Å². The van der Waals surface area contributed by atoms with Crippen molar-refractivity contribution in [1.82, 2.24) is 0 Å². The van der Waals surface area contributed by atoms with Crippen LogP contribution in [0.4, 0.5) is 0 Å². The lowest BCUT2D eigenvalue weighted by molar-refractivity contribution is 0.474. The molecule has 0 amide bonds. The average Bonchev–Trinajstić information content (AvgIpc) is 2.85. The van der Waals surface area contributed by atoms with Gasteiger partial charge in [0.1, 0.15) is 23.0 Å². The number of aryl methyl sites for hydroxylation is 2. The molecule has 0 aromatic heterocycles. The van der Waals surface area contributed by atoms with Crippen LogP contribution in [0.25, 0.3) is 21.5 Å². The zero-order chi connectivity index (χ0) is 24.5. The van der Waals surface area contributed by atoms with Gasteiger partial charge < -0.3 is 20.4 Å². The van der Waals surface area contributed by atoms with Crippen molar-refractivity contribution in [2.45, 2.75) is 34.1 Å². The van der Waals surface area contributed by atoms with Crippen LogP contribution in [0.5, 0.6) is 23.0 Å². The average molecular weight is 471 g/mol. The fraction of sp³-hybridized carbons (Fsp3) is 0.161. The first-order chi connectivity index (χ1) is 16.4. The molecule has 182 valence electrons. The van der Waals surface area contributed by atoms with E-state index in [4.69, 9.17) is 10.2 Å². The molecule has 0 bridgehead atoms. The summed E-state index contributed by atoms with van der Waals surface area (Å²) in [6.45, 7) is 4.36. The second kappa shape index (κ2) is 12.9. The van der Waals surface area contributed by atoms with Crippen molar-refractivity contribution in [3.8, 4) is 23.0 Å². The molecule has 0 aliphatic rings. The van der Waals surface area contributed by atoms with E-state index in [0.717, 1.165) is 34.4 Å². The van der Waals surface area contributed by atoms with Gasteiger partial charge in [0, 0.05) is 10.8 Å².